The molecule has 27 heavy (non-hydrogen) atoms. The summed E-state index contributed by atoms with van der Waals surface area (Å²) in [6, 6.07) is 12.8. The van der Waals surface area contributed by atoms with Gasteiger partial charge in [-0.1, -0.05) is 35.5 Å². The minimum atomic E-state index is -3.84. The van der Waals surface area contributed by atoms with Crippen molar-refractivity contribution in [2.75, 3.05) is 11.9 Å². The van der Waals surface area contributed by atoms with Gasteiger partial charge in [-0.15, -0.1) is 10.2 Å². The van der Waals surface area contributed by atoms with Crippen molar-refractivity contribution < 1.29 is 13.2 Å². The Bertz CT molecular complexity index is 1020. The van der Waals surface area contributed by atoms with Gasteiger partial charge in [-0.25, -0.2) is 18.4 Å². The lowest BCUT2D eigenvalue weighted by molar-refractivity contribution is 0.252. The highest BCUT2D eigenvalue weighted by molar-refractivity contribution is 7.89. The molecule has 0 saturated carbocycles. The molecule has 0 radical (unpaired) electrons. The number of aromatic amines is 1. The second-order valence-electron chi connectivity index (χ2n) is 5.58. The number of hydrogen-bond donors (Lipinski definition) is 4. The van der Waals surface area contributed by atoms with Crippen molar-refractivity contribution >= 4 is 21.7 Å². The first-order valence-corrected chi connectivity index (χ1v) is 9.47. The molecule has 3 rings (SSSR count). The number of amides is 2. The quantitative estimate of drug-likeness (QED) is 0.492. The third-order valence-electron chi connectivity index (χ3n) is 3.67. The maximum absolute atomic E-state index is 11.9. The summed E-state index contributed by atoms with van der Waals surface area (Å²) in [5, 5.41) is 24.0. The van der Waals surface area contributed by atoms with Gasteiger partial charge in [-0.2, -0.15) is 5.21 Å². The van der Waals surface area contributed by atoms with Crippen molar-refractivity contribution in [3.63, 3.8) is 0 Å². The lowest BCUT2D eigenvalue weighted by atomic mass is 10.1. The van der Waals surface area contributed by atoms with Gasteiger partial charge in [0, 0.05) is 24.2 Å². The molecule has 5 N–H and O–H groups in total. The molecule has 3 aromatic rings. The Morgan fingerprint density at radius 1 is 1.11 bits per heavy atom. The maximum atomic E-state index is 11.9. The summed E-state index contributed by atoms with van der Waals surface area (Å²) in [5.41, 5.74) is 1.72. The van der Waals surface area contributed by atoms with E-state index in [-0.39, 0.29) is 10.9 Å². The van der Waals surface area contributed by atoms with Crippen molar-refractivity contribution in [3.8, 4) is 11.1 Å². The monoisotopic (exact) mass is 387 g/mol. The van der Waals surface area contributed by atoms with Gasteiger partial charge in [0.25, 0.3) is 0 Å². The molecule has 0 fully saturated rings. The van der Waals surface area contributed by atoms with Crippen LogP contribution in [0.4, 0.5) is 10.5 Å². The fourth-order valence-electron chi connectivity index (χ4n) is 2.44. The maximum Gasteiger partial charge on any atom is 0.319 e. The minimum Gasteiger partial charge on any atom is -0.337 e. The normalized spacial score (nSPS) is 11.1. The molecule has 0 spiro atoms. The molecule has 11 heteroatoms. The zero-order chi connectivity index (χ0) is 19.3. The van der Waals surface area contributed by atoms with E-state index in [2.05, 4.69) is 31.3 Å². The number of primary sulfonamides is 1. The average Bonchev–Trinajstić information content (AvgIpc) is 3.15. The first-order chi connectivity index (χ1) is 12.9. The van der Waals surface area contributed by atoms with E-state index in [9.17, 15) is 13.2 Å². The minimum absolute atomic E-state index is 0.0462. The van der Waals surface area contributed by atoms with Crippen LogP contribution in [0.15, 0.2) is 53.4 Å². The molecule has 0 saturated heterocycles. The van der Waals surface area contributed by atoms with Gasteiger partial charge >= 0.3 is 6.03 Å². The van der Waals surface area contributed by atoms with Crippen molar-refractivity contribution in [2.45, 2.75) is 11.3 Å². The van der Waals surface area contributed by atoms with Crippen LogP contribution in [-0.2, 0) is 16.4 Å². The molecule has 0 aliphatic carbocycles. The van der Waals surface area contributed by atoms with Gasteiger partial charge in [0.05, 0.1) is 4.90 Å². The van der Waals surface area contributed by atoms with E-state index in [0.29, 0.717) is 35.6 Å². The standard InChI is InChI=1S/C16H17N7O3S/c17-27(25,26)14-4-2-1-3-13(14)11-5-7-12(8-6-11)19-16(24)18-10-9-15-20-22-23-21-15/h1-8H,9-10H2,(H2,17,25,26)(H2,18,19,24)(H,20,21,22,23). The summed E-state index contributed by atoms with van der Waals surface area (Å²) in [5.74, 6) is 0.508. The van der Waals surface area contributed by atoms with E-state index >= 15 is 0 Å². The van der Waals surface area contributed by atoms with Crippen LogP contribution in [0.3, 0.4) is 0 Å². The zero-order valence-corrected chi connectivity index (χ0v) is 14.9. The Hall–Kier alpha value is -3.31. The van der Waals surface area contributed by atoms with Gasteiger partial charge in [-0.3, -0.25) is 0 Å². The molecule has 1 aromatic heterocycles. The number of hydrogen-bond acceptors (Lipinski definition) is 6. The SMILES string of the molecule is NS(=O)(=O)c1ccccc1-c1ccc(NC(=O)NCCc2nn[nH]n2)cc1. The van der Waals surface area contributed by atoms with E-state index in [0.717, 1.165) is 0 Å². The van der Waals surface area contributed by atoms with Crippen molar-refractivity contribution in [1.29, 1.82) is 0 Å². The lowest BCUT2D eigenvalue weighted by Gasteiger charge is -2.10. The Kier molecular flexibility index (Phi) is 5.43. The van der Waals surface area contributed by atoms with E-state index < -0.39 is 10.0 Å². The van der Waals surface area contributed by atoms with Crippen LogP contribution in [-0.4, -0.2) is 41.6 Å². The number of H-pyrrole nitrogens is 1. The number of nitrogens with one attached hydrogen (secondary N) is 3. The highest BCUT2D eigenvalue weighted by Gasteiger charge is 2.14. The van der Waals surface area contributed by atoms with Gasteiger partial charge in [0.2, 0.25) is 10.0 Å². The second-order valence-corrected chi connectivity index (χ2v) is 7.11. The van der Waals surface area contributed by atoms with Crippen LogP contribution in [0.2, 0.25) is 0 Å². The molecule has 1 heterocycles. The molecule has 2 aromatic carbocycles. The molecule has 0 bridgehead atoms. The molecule has 10 nitrogen and oxygen atoms in total. The van der Waals surface area contributed by atoms with Crippen molar-refractivity contribution in [3.05, 3.63) is 54.4 Å². The average molecular weight is 387 g/mol. The van der Waals surface area contributed by atoms with E-state index in [1.54, 1.807) is 42.5 Å². The number of carbonyl (C=O) groups is 1. The summed E-state index contributed by atoms with van der Waals surface area (Å²) in [6.07, 6.45) is 0.452. The first-order valence-electron chi connectivity index (χ1n) is 7.93. The summed E-state index contributed by atoms with van der Waals surface area (Å²) in [7, 11) is -3.84. The van der Waals surface area contributed by atoms with Crippen molar-refractivity contribution in [1.82, 2.24) is 25.9 Å². The van der Waals surface area contributed by atoms with Crippen LogP contribution in [0.1, 0.15) is 5.82 Å². The van der Waals surface area contributed by atoms with Crippen molar-refractivity contribution in [2.24, 2.45) is 5.14 Å². The highest BCUT2D eigenvalue weighted by atomic mass is 32.2. The fraction of sp³-hybridized carbons (Fsp3) is 0.125. The number of anilines is 1. The summed E-state index contributed by atoms with van der Waals surface area (Å²) < 4.78 is 23.4. The second kappa shape index (κ2) is 7.93. The number of aromatic nitrogens is 4. The number of rotatable bonds is 6. The zero-order valence-electron chi connectivity index (χ0n) is 14.1. The number of benzene rings is 2. The molecular formula is C16H17N7O3S. The number of nitrogens with two attached hydrogens (primary N) is 1. The molecule has 140 valence electrons. The van der Waals surface area contributed by atoms with Gasteiger partial charge in [-0.05, 0) is 23.8 Å². The van der Waals surface area contributed by atoms with Crippen LogP contribution in [0.5, 0.6) is 0 Å². The molecule has 0 unspecified atom stereocenters. The van der Waals surface area contributed by atoms with E-state index in [1.165, 1.54) is 6.07 Å². The Labute approximate surface area is 155 Å². The number of tetrazole rings is 1. The molecule has 0 aliphatic heterocycles. The molecule has 0 aliphatic rings. The van der Waals surface area contributed by atoms with Gasteiger partial charge in [0.1, 0.15) is 0 Å². The Morgan fingerprint density at radius 3 is 2.52 bits per heavy atom. The third-order valence-corrected chi connectivity index (χ3v) is 4.64. The van der Waals surface area contributed by atoms with Crippen LogP contribution >= 0.6 is 0 Å². The molecule has 2 amide bonds. The number of nitrogens with zero attached hydrogens (tertiary/aromatic N) is 3. The predicted octanol–water partition coefficient (Wildman–Crippen LogP) is 0.878. The van der Waals surface area contributed by atoms with E-state index in [4.69, 9.17) is 5.14 Å². The predicted molar refractivity (Wildman–Crippen MR) is 98.2 cm³/mol. The summed E-state index contributed by atoms with van der Waals surface area (Å²) in [4.78, 5) is 11.9. The fourth-order valence-corrected chi connectivity index (χ4v) is 3.20. The molecule has 0 atom stereocenters. The van der Waals surface area contributed by atoms with Gasteiger partial charge in [0.15, 0.2) is 5.82 Å². The van der Waals surface area contributed by atoms with Crippen LogP contribution < -0.4 is 15.8 Å². The topological polar surface area (TPSA) is 156 Å². The number of sulfonamides is 1. The lowest BCUT2D eigenvalue weighted by Crippen LogP contribution is -2.30. The number of carbonyl (C=O) groups excluding carboxylic acids is 1. The largest absolute Gasteiger partial charge is 0.337 e. The smallest absolute Gasteiger partial charge is 0.319 e. The molecular weight excluding hydrogens is 370 g/mol. The first kappa shape index (κ1) is 18.5. The number of urea groups is 1. The summed E-state index contributed by atoms with van der Waals surface area (Å²) in [6.45, 7) is 0.352. The van der Waals surface area contributed by atoms with Crippen LogP contribution in [0.25, 0.3) is 11.1 Å². The Morgan fingerprint density at radius 2 is 1.85 bits per heavy atom. The highest BCUT2D eigenvalue weighted by Crippen LogP contribution is 2.27. The van der Waals surface area contributed by atoms with Crippen LogP contribution in [0, 0.1) is 0 Å². The van der Waals surface area contributed by atoms with Gasteiger partial charge < -0.3 is 10.6 Å². The van der Waals surface area contributed by atoms with E-state index in [1.807, 2.05) is 0 Å². The third kappa shape index (κ3) is 4.86. The summed E-state index contributed by atoms with van der Waals surface area (Å²) >= 11 is 0. The Balaban J connectivity index is 1.63.